The summed E-state index contributed by atoms with van der Waals surface area (Å²) in [4.78, 5) is 12.7. The summed E-state index contributed by atoms with van der Waals surface area (Å²) in [6, 6.07) is 10.7. The van der Waals surface area contributed by atoms with Gasteiger partial charge in [-0.15, -0.1) is 10.2 Å². The van der Waals surface area contributed by atoms with E-state index in [0.717, 1.165) is 9.87 Å². The van der Waals surface area contributed by atoms with Crippen LogP contribution in [0.1, 0.15) is 5.56 Å². The summed E-state index contributed by atoms with van der Waals surface area (Å²) >= 11 is 14.6. The minimum Gasteiger partial charge on any atom is -0.299 e. The second kappa shape index (κ2) is 9.52. The van der Waals surface area contributed by atoms with Crippen LogP contribution in [0.2, 0.25) is 10.0 Å². The highest BCUT2D eigenvalue weighted by Crippen LogP contribution is 2.31. The number of halogens is 2. The number of amides is 1. The summed E-state index contributed by atoms with van der Waals surface area (Å²) < 4.78 is 28.3. The number of anilines is 2. The Balaban J connectivity index is 1.95. The van der Waals surface area contributed by atoms with E-state index in [9.17, 15) is 13.2 Å². The summed E-state index contributed by atoms with van der Waals surface area (Å²) in [5, 5.41) is 11.1. The van der Waals surface area contributed by atoms with Crippen molar-refractivity contribution in [2.75, 3.05) is 22.4 Å². The minimum absolute atomic E-state index is 0.0487. The molecule has 0 bridgehead atoms. The quantitative estimate of drug-likeness (QED) is 0.371. The van der Waals surface area contributed by atoms with Crippen molar-refractivity contribution in [3.8, 4) is 0 Å². The van der Waals surface area contributed by atoms with Crippen molar-refractivity contribution < 1.29 is 13.2 Å². The van der Waals surface area contributed by atoms with Gasteiger partial charge >= 0.3 is 0 Å². The maximum Gasteiger partial charge on any atom is 0.264 e. The van der Waals surface area contributed by atoms with Crippen molar-refractivity contribution in [1.82, 2.24) is 10.2 Å². The second-order valence-corrected chi connectivity index (χ2v) is 10.8. The molecule has 0 aliphatic carbocycles. The molecule has 0 spiro atoms. The molecule has 1 aromatic heterocycles. The normalized spacial score (nSPS) is 11.3. The molecule has 0 aliphatic rings. The lowest BCUT2D eigenvalue weighted by Crippen LogP contribution is -2.38. The maximum absolute atomic E-state index is 13.3. The molecule has 1 amide bonds. The fourth-order valence-corrected chi connectivity index (χ4v) is 5.32. The van der Waals surface area contributed by atoms with Gasteiger partial charge in [-0.25, -0.2) is 8.42 Å². The molecule has 2 aromatic carbocycles. The number of carbonyl (C=O) groups excluding carboxylic acids is 1. The molecule has 0 fully saturated rings. The first kappa shape index (κ1) is 22.8. The van der Waals surface area contributed by atoms with E-state index in [-0.39, 0.29) is 25.8 Å². The molecule has 158 valence electrons. The zero-order chi connectivity index (χ0) is 21.9. The lowest BCUT2D eigenvalue weighted by Gasteiger charge is -2.24. The van der Waals surface area contributed by atoms with Gasteiger partial charge in [-0.2, -0.15) is 0 Å². The number of aromatic nitrogens is 2. The van der Waals surface area contributed by atoms with Crippen LogP contribution in [0.4, 0.5) is 10.8 Å². The Morgan fingerprint density at radius 3 is 2.43 bits per heavy atom. The second-order valence-electron chi connectivity index (χ2n) is 6.05. The van der Waals surface area contributed by atoms with E-state index in [1.165, 1.54) is 53.4 Å². The van der Waals surface area contributed by atoms with Crippen molar-refractivity contribution in [3.63, 3.8) is 0 Å². The van der Waals surface area contributed by atoms with Gasteiger partial charge in [0.25, 0.3) is 10.0 Å². The lowest BCUT2D eigenvalue weighted by atomic mass is 10.2. The van der Waals surface area contributed by atoms with Gasteiger partial charge in [0.2, 0.25) is 11.0 Å². The molecular weight excluding hydrogens is 487 g/mol. The molecule has 0 radical (unpaired) electrons. The summed E-state index contributed by atoms with van der Waals surface area (Å²) in [6.07, 6.45) is 1.84. The summed E-state index contributed by atoms with van der Waals surface area (Å²) in [5.41, 5.74) is 1.12. The highest BCUT2D eigenvalue weighted by molar-refractivity contribution is 8.00. The molecule has 3 rings (SSSR count). The third kappa shape index (κ3) is 5.25. The number of rotatable bonds is 7. The van der Waals surface area contributed by atoms with Crippen LogP contribution in [0.25, 0.3) is 0 Å². The number of nitrogens with one attached hydrogen (secondary N) is 1. The Morgan fingerprint density at radius 1 is 1.13 bits per heavy atom. The number of hydrogen-bond donors (Lipinski definition) is 1. The first-order valence-corrected chi connectivity index (χ1v) is 12.7. The summed E-state index contributed by atoms with van der Waals surface area (Å²) in [7, 11) is -4.05. The van der Waals surface area contributed by atoms with E-state index in [0.29, 0.717) is 4.34 Å². The van der Waals surface area contributed by atoms with E-state index in [1.807, 2.05) is 13.2 Å². The average molecular weight is 503 g/mol. The molecule has 0 saturated carbocycles. The lowest BCUT2D eigenvalue weighted by molar-refractivity contribution is -0.114. The number of nitrogens with zero attached hydrogens (tertiary/aromatic N) is 3. The predicted molar refractivity (Wildman–Crippen MR) is 122 cm³/mol. The summed E-state index contributed by atoms with van der Waals surface area (Å²) in [5.74, 6) is -0.569. The molecule has 30 heavy (non-hydrogen) atoms. The van der Waals surface area contributed by atoms with Crippen LogP contribution in [0.15, 0.2) is 51.7 Å². The third-order valence-electron chi connectivity index (χ3n) is 3.91. The van der Waals surface area contributed by atoms with Gasteiger partial charge in [0, 0.05) is 0 Å². The predicted octanol–water partition coefficient (Wildman–Crippen LogP) is 4.71. The topological polar surface area (TPSA) is 92.3 Å². The third-order valence-corrected chi connectivity index (χ3v) is 8.26. The highest BCUT2D eigenvalue weighted by atomic mass is 35.5. The standard InChI is InChI=1S/C18H16Cl2N4O3S3/c1-11-3-6-13(7-4-11)30(26,27)24(12-5-8-14(19)15(20)9-12)10-16(25)21-17-22-23-18(28-2)29-17/h3-9H,10H2,1-2H3,(H,21,22,25). The zero-order valence-corrected chi connectivity index (χ0v) is 19.8. The number of thioether (sulfide) groups is 1. The number of carbonyl (C=O) groups is 1. The fraction of sp³-hybridized carbons (Fsp3) is 0.167. The van der Waals surface area contributed by atoms with Crippen molar-refractivity contribution in [2.24, 2.45) is 0 Å². The number of sulfonamides is 1. The average Bonchev–Trinajstić information content (AvgIpc) is 3.16. The van der Waals surface area contributed by atoms with Crippen LogP contribution in [0.5, 0.6) is 0 Å². The Morgan fingerprint density at radius 2 is 1.83 bits per heavy atom. The molecule has 12 heteroatoms. The first-order chi connectivity index (χ1) is 14.2. The SMILES string of the molecule is CSc1nnc(NC(=O)CN(c2ccc(Cl)c(Cl)c2)S(=O)(=O)c2ccc(C)cc2)s1. The number of hydrogen-bond acceptors (Lipinski definition) is 7. The highest BCUT2D eigenvalue weighted by Gasteiger charge is 2.28. The fourth-order valence-electron chi connectivity index (χ4n) is 2.42. The van der Waals surface area contributed by atoms with E-state index >= 15 is 0 Å². The van der Waals surface area contributed by atoms with Crippen molar-refractivity contribution in [3.05, 3.63) is 58.1 Å². The smallest absolute Gasteiger partial charge is 0.264 e. The summed E-state index contributed by atoms with van der Waals surface area (Å²) in [6.45, 7) is 1.37. The van der Waals surface area contributed by atoms with Crippen molar-refractivity contribution >= 4 is 73.0 Å². The molecule has 7 nitrogen and oxygen atoms in total. The van der Waals surface area contributed by atoms with Crippen molar-refractivity contribution in [1.29, 1.82) is 0 Å². The molecule has 0 unspecified atom stereocenters. The molecule has 3 aromatic rings. The Hall–Kier alpha value is -1.85. The minimum atomic E-state index is -4.05. The van der Waals surface area contributed by atoms with E-state index in [2.05, 4.69) is 15.5 Å². The maximum atomic E-state index is 13.3. The van der Waals surface area contributed by atoms with Gasteiger partial charge in [-0.3, -0.25) is 14.4 Å². The van der Waals surface area contributed by atoms with Crippen LogP contribution < -0.4 is 9.62 Å². The van der Waals surface area contributed by atoms with Gasteiger partial charge in [-0.05, 0) is 43.5 Å². The largest absolute Gasteiger partial charge is 0.299 e. The number of benzene rings is 2. The van der Waals surface area contributed by atoms with Gasteiger partial charge < -0.3 is 0 Å². The van der Waals surface area contributed by atoms with Gasteiger partial charge in [0.05, 0.1) is 20.6 Å². The molecule has 0 saturated heterocycles. The van der Waals surface area contributed by atoms with Crippen LogP contribution in [-0.2, 0) is 14.8 Å². The van der Waals surface area contributed by atoms with Crippen molar-refractivity contribution in [2.45, 2.75) is 16.2 Å². The Kier molecular flexibility index (Phi) is 7.25. The number of aryl methyl sites for hydroxylation is 1. The molecule has 0 atom stereocenters. The monoisotopic (exact) mass is 502 g/mol. The first-order valence-electron chi connectivity index (χ1n) is 8.42. The Bertz CT molecular complexity index is 1170. The molecular formula is C18H16Cl2N4O3S3. The van der Waals surface area contributed by atoms with Crippen LogP contribution in [0, 0.1) is 6.92 Å². The van der Waals surface area contributed by atoms with Crippen LogP contribution in [-0.4, -0.2) is 37.3 Å². The Labute approximate surface area is 192 Å². The zero-order valence-electron chi connectivity index (χ0n) is 15.8. The van der Waals surface area contributed by atoms with E-state index < -0.39 is 22.5 Å². The van der Waals surface area contributed by atoms with E-state index in [4.69, 9.17) is 23.2 Å². The van der Waals surface area contributed by atoms with Crippen LogP contribution >= 0.6 is 46.3 Å². The van der Waals surface area contributed by atoms with Gasteiger partial charge in [-0.1, -0.05) is 64.0 Å². The van der Waals surface area contributed by atoms with Crippen LogP contribution in [0.3, 0.4) is 0 Å². The molecule has 1 heterocycles. The molecule has 0 aliphatic heterocycles. The van der Waals surface area contributed by atoms with Gasteiger partial charge in [0.15, 0.2) is 4.34 Å². The molecule has 1 N–H and O–H groups in total. The van der Waals surface area contributed by atoms with Gasteiger partial charge in [0.1, 0.15) is 6.54 Å². The van der Waals surface area contributed by atoms with E-state index in [1.54, 1.807) is 12.1 Å².